The van der Waals surface area contributed by atoms with Gasteiger partial charge in [0.15, 0.2) is 0 Å². The number of nitrogens with zero attached hydrogens (tertiary/aromatic N) is 1. The molecule has 108 valence electrons. The molecule has 19 heavy (non-hydrogen) atoms. The first-order valence-electron chi connectivity index (χ1n) is 6.80. The minimum absolute atomic E-state index is 0.0513. The third kappa shape index (κ3) is 5.79. The molecule has 0 radical (unpaired) electrons. The van der Waals surface area contributed by atoms with Crippen molar-refractivity contribution in [2.45, 2.75) is 39.7 Å². The molecule has 0 aromatic carbocycles. The van der Waals surface area contributed by atoms with Gasteiger partial charge in [0.2, 0.25) is 5.88 Å². The van der Waals surface area contributed by atoms with Crippen molar-refractivity contribution in [3.63, 3.8) is 0 Å². The second-order valence-corrected chi connectivity index (χ2v) is 5.11. The first kappa shape index (κ1) is 15.6. The lowest BCUT2D eigenvalue weighted by Gasteiger charge is -2.13. The summed E-state index contributed by atoms with van der Waals surface area (Å²) in [4.78, 5) is 4.34. The number of ether oxygens (including phenoxy) is 1. The zero-order valence-corrected chi connectivity index (χ0v) is 12.0. The number of anilines is 2. The van der Waals surface area contributed by atoms with Crippen molar-refractivity contribution in [3.05, 3.63) is 12.1 Å². The van der Waals surface area contributed by atoms with Crippen molar-refractivity contribution in [2.24, 2.45) is 5.92 Å². The third-order valence-electron chi connectivity index (χ3n) is 2.73. The molecule has 0 aliphatic carbocycles. The Bertz CT molecular complexity index is 383. The molecule has 5 heteroatoms. The fraction of sp³-hybridized carbons (Fsp3) is 0.643. The minimum atomic E-state index is 0.0513. The van der Waals surface area contributed by atoms with Crippen LogP contribution in [0.3, 0.4) is 0 Å². The largest absolute Gasteiger partial charge is 0.473 e. The van der Waals surface area contributed by atoms with Crippen LogP contribution in [0.5, 0.6) is 5.88 Å². The van der Waals surface area contributed by atoms with E-state index >= 15 is 0 Å². The molecule has 0 spiro atoms. The van der Waals surface area contributed by atoms with E-state index in [0.717, 1.165) is 25.2 Å². The maximum Gasteiger partial charge on any atom is 0.239 e. The quantitative estimate of drug-likeness (QED) is 0.630. The standard InChI is InChI=1S/C14H25N3O2/c1-10(2)19-14-12(15)6-7-13(17-14)16-8-4-5-11(3)9-18/h6-7,10-11,18H,4-5,8-9,15H2,1-3H3,(H,16,17). The fourth-order valence-corrected chi connectivity index (χ4v) is 1.63. The summed E-state index contributed by atoms with van der Waals surface area (Å²) in [5, 5.41) is 12.2. The van der Waals surface area contributed by atoms with Gasteiger partial charge in [0.25, 0.3) is 0 Å². The molecule has 4 N–H and O–H groups in total. The number of nitrogens with two attached hydrogens (primary N) is 1. The molecule has 0 amide bonds. The Labute approximate surface area is 115 Å². The van der Waals surface area contributed by atoms with E-state index in [2.05, 4.69) is 10.3 Å². The van der Waals surface area contributed by atoms with E-state index in [4.69, 9.17) is 15.6 Å². The second kappa shape index (κ2) is 7.84. The van der Waals surface area contributed by atoms with E-state index in [1.54, 1.807) is 6.07 Å². The van der Waals surface area contributed by atoms with Gasteiger partial charge in [-0.05, 0) is 44.7 Å². The maximum absolute atomic E-state index is 8.94. The van der Waals surface area contributed by atoms with E-state index in [1.165, 1.54) is 0 Å². The van der Waals surface area contributed by atoms with Gasteiger partial charge < -0.3 is 20.9 Å². The highest BCUT2D eigenvalue weighted by molar-refractivity contribution is 5.53. The van der Waals surface area contributed by atoms with Crippen LogP contribution in [0.15, 0.2) is 12.1 Å². The SMILES string of the molecule is CC(CO)CCCNc1ccc(N)c(OC(C)C)n1. The van der Waals surface area contributed by atoms with Crippen LogP contribution in [0.2, 0.25) is 0 Å². The number of nitrogen functional groups attached to an aromatic ring is 1. The van der Waals surface area contributed by atoms with Crippen molar-refractivity contribution in [2.75, 3.05) is 24.2 Å². The van der Waals surface area contributed by atoms with Crippen molar-refractivity contribution in [1.82, 2.24) is 4.98 Å². The predicted octanol–water partition coefficient (Wildman–Crippen LogP) is 2.27. The summed E-state index contributed by atoms with van der Waals surface area (Å²) in [6.07, 6.45) is 2.04. The summed E-state index contributed by atoms with van der Waals surface area (Å²) in [7, 11) is 0. The summed E-state index contributed by atoms with van der Waals surface area (Å²) in [6, 6.07) is 3.64. The van der Waals surface area contributed by atoms with Gasteiger partial charge in [-0.1, -0.05) is 6.92 Å². The third-order valence-corrected chi connectivity index (χ3v) is 2.73. The first-order chi connectivity index (χ1) is 9.02. The lowest BCUT2D eigenvalue weighted by atomic mass is 10.1. The Balaban J connectivity index is 2.46. The van der Waals surface area contributed by atoms with Crippen molar-refractivity contribution < 1.29 is 9.84 Å². The highest BCUT2D eigenvalue weighted by atomic mass is 16.5. The van der Waals surface area contributed by atoms with Crippen molar-refractivity contribution in [1.29, 1.82) is 0 Å². The van der Waals surface area contributed by atoms with E-state index in [9.17, 15) is 0 Å². The van der Waals surface area contributed by atoms with Crippen LogP contribution < -0.4 is 15.8 Å². The number of hydrogen-bond acceptors (Lipinski definition) is 5. The Kier molecular flexibility index (Phi) is 6.42. The number of aliphatic hydroxyl groups excluding tert-OH is 1. The lowest BCUT2D eigenvalue weighted by Crippen LogP contribution is -2.11. The van der Waals surface area contributed by atoms with Gasteiger partial charge in [-0.2, -0.15) is 4.98 Å². The van der Waals surface area contributed by atoms with Crippen molar-refractivity contribution >= 4 is 11.5 Å². The van der Waals surface area contributed by atoms with Crippen LogP contribution in [0.4, 0.5) is 11.5 Å². The van der Waals surface area contributed by atoms with Gasteiger partial charge in [-0.15, -0.1) is 0 Å². The summed E-state index contributed by atoms with van der Waals surface area (Å²) in [5.74, 6) is 1.59. The number of nitrogens with one attached hydrogen (secondary N) is 1. The summed E-state index contributed by atoms with van der Waals surface area (Å²) in [6.45, 7) is 6.99. The van der Waals surface area contributed by atoms with Gasteiger partial charge in [0, 0.05) is 13.2 Å². The van der Waals surface area contributed by atoms with Crippen LogP contribution in [0.25, 0.3) is 0 Å². The van der Waals surface area contributed by atoms with Gasteiger partial charge in [0.1, 0.15) is 5.82 Å². The second-order valence-electron chi connectivity index (χ2n) is 5.11. The zero-order valence-electron chi connectivity index (χ0n) is 12.0. The molecule has 0 saturated carbocycles. The maximum atomic E-state index is 8.94. The average molecular weight is 267 g/mol. The zero-order chi connectivity index (χ0) is 14.3. The minimum Gasteiger partial charge on any atom is -0.473 e. The van der Waals surface area contributed by atoms with Crippen LogP contribution >= 0.6 is 0 Å². The van der Waals surface area contributed by atoms with Crippen LogP contribution in [0, 0.1) is 5.92 Å². The highest BCUT2D eigenvalue weighted by Gasteiger charge is 2.06. The number of aromatic nitrogens is 1. The number of hydrogen-bond donors (Lipinski definition) is 3. The normalized spacial score (nSPS) is 12.5. The molecule has 1 heterocycles. The van der Waals surface area contributed by atoms with Crippen LogP contribution in [-0.4, -0.2) is 29.3 Å². The van der Waals surface area contributed by atoms with Gasteiger partial charge in [-0.25, -0.2) is 0 Å². The highest BCUT2D eigenvalue weighted by Crippen LogP contribution is 2.22. The Morgan fingerprint density at radius 3 is 2.74 bits per heavy atom. The summed E-state index contributed by atoms with van der Waals surface area (Å²) in [5.41, 5.74) is 6.36. The molecule has 1 atom stereocenters. The van der Waals surface area contributed by atoms with Crippen molar-refractivity contribution in [3.8, 4) is 5.88 Å². The van der Waals surface area contributed by atoms with E-state index < -0.39 is 0 Å². The van der Waals surface area contributed by atoms with Gasteiger partial charge >= 0.3 is 0 Å². The van der Waals surface area contributed by atoms with E-state index in [-0.39, 0.29) is 12.7 Å². The Morgan fingerprint density at radius 1 is 1.37 bits per heavy atom. The number of pyridine rings is 1. The Morgan fingerprint density at radius 2 is 2.11 bits per heavy atom. The molecular weight excluding hydrogens is 242 g/mol. The van der Waals surface area contributed by atoms with Crippen LogP contribution in [0.1, 0.15) is 33.6 Å². The molecule has 1 unspecified atom stereocenters. The molecule has 0 aliphatic rings. The molecule has 1 rings (SSSR count). The van der Waals surface area contributed by atoms with Gasteiger partial charge in [0.05, 0.1) is 11.8 Å². The lowest BCUT2D eigenvalue weighted by molar-refractivity contribution is 0.229. The molecule has 5 nitrogen and oxygen atoms in total. The average Bonchev–Trinajstić information content (AvgIpc) is 2.37. The fourth-order valence-electron chi connectivity index (χ4n) is 1.63. The topological polar surface area (TPSA) is 80.4 Å². The number of aliphatic hydroxyl groups is 1. The molecule has 1 aromatic heterocycles. The number of rotatable bonds is 8. The first-order valence-corrected chi connectivity index (χ1v) is 6.80. The molecule has 1 aromatic rings. The van der Waals surface area contributed by atoms with Crippen LogP contribution in [-0.2, 0) is 0 Å². The predicted molar refractivity (Wildman–Crippen MR) is 78.4 cm³/mol. The van der Waals surface area contributed by atoms with Gasteiger partial charge in [-0.3, -0.25) is 0 Å². The molecule has 0 saturated heterocycles. The molecule has 0 fully saturated rings. The van der Waals surface area contributed by atoms with E-state index in [0.29, 0.717) is 17.5 Å². The molecular formula is C14H25N3O2. The smallest absolute Gasteiger partial charge is 0.239 e. The van der Waals surface area contributed by atoms with E-state index in [1.807, 2.05) is 26.8 Å². The monoisotopic (exact) mass is 267 g/mol. The summed E-state index contributed by atoms with van der Waals surface area (Å²) >= 11 is 0. The summed E-state index contributed by atoms with van der Waals surface area (Å²) < 4.78 is 5.54. The Hall–Kier alpha value is -1.49. The molecule has 0 aliphatic heterocycles. The molecule has 0 bridgehead atoms.